The predicted octanol–water partition coefficient (Wildman–Crippen LogP) is 1.51. The van der Waals surface area contributed by atoms with Crippen molar-refractivity contribution in [2.45, 2.75) is 0 Å². The lowest BCUT2D eigenvalue weighted by Gasteiger charge is -1.60. The lowest BCUT2D eigenvalue weighted by molar-refractivity contribution is 0.657. The topological polar surface area (TPSA) is 0 Å². The largest absolute Gasteiger partial charge is 0.195 e. The summed E-state index contributed by atoms with van der Waals surface area (Å²) >= 11 is 1.11. The molecule has 0 unspecified atom stereocenters. The summed E-state index contributed by atoms with van der Waals surface area (Å²) in [7, 11) is 0. The molecule has 3 heteroatoms. The molecule has 1 rings (SSSR count). The number of halogens is 1. The van der Waals surface area contributed by atoms with E-state index in [4.69, 9.17) is 0 Å². The third-order valence-electron chi connectivity index (χ3n) is 0.486. The van der Waals surface area contributed by atoms with Crippen molar-refractivity contribution in [1.29, 1.82) is 0 Å². The third kappa shape index (κ3) is 1.73. The smallest absolute Gasteiger partial charge is 0.176 e. The molecule has 0 fully saturated rings. The Morgan fingerprint density at radius 1 is 1.57 bits per heavy atom. The van der Waals surface area contributed by atoms with E-state index in [1.165, 1.54) is 6.07 Å². The van der Waals surface area contributed by atoms with Gasteiger partial charge in [0.15, 0.2) is 5.13 Å². The second-order valence-corrected chi connectivity index (χ2v) is 1.82. The number of hydrogen-bond acceptors (Lipinski definition) is 1. The SMILES string of the molecule is Fc1cccs1.[B]. The van der Waals surface area contributed by atoms with Gasteiger partial charge in [-0.15, -0.1) is 11.3 Å². The Balaban J connectivity index is 0.000000360. The van der Waals surface area contributed by atoms with Crippen molar-refractivity contribution >= 4 is 19.7 Å². The van der Waals surface area contributed by atoms with Crippen LogP contribution in [0.25, 0.3) is 0 Å². The fraction of sp³-hybridized carbons (Fsp3) is 0. The van der Waals surface area contributed by atoms with Gasteiger partial charge in [-0.3, -0.25) is 0 Å². The summed E-state index contributed by atoms with van der Waals surface area (Å²) in [6.45, 7) is 0. The summed E-state index contributed by atoms with van der Waals surface area (Å²) < 4.78 is 11.7. The van der Waals surface area contributed by atoms with Crippen molar-refractivity contribution in [2.75, 3.05) is 0 Å². The molecule has 3 radical (unpaired) electrons. The molecule has 0 atom stereocenters. The molecule has 0 aliphatic rings. The van der Waals surface area contributed by atoms with Gasteiger partial charge < -0.3 is 0 Å². The van der Waals surface area contributed by atoms with Crippen molar-refractivity contribution in [3.63, 3.8) is 0 Å². The molecular formula is C4H3BFS. The van der Waals surface area contributed by atoms with Crippen molar-refractivity contribution in [2.24, 2.45) is 0 Å². The fourth-order valence-corrected chi connectivity index (χ4v) is 0.703. The van der Waals surface area contributed by atoms with Crippen LogP contribution in [0.1, 0.15) is 0 Å². The van der Waals surface area contributed by atoms with Crippen LogP contribution < -0.4 is 0 Å². The molecule has 1 heterocycles. The van der Waals surface area contributed by atoms with Crippen LogP contribution in [0.2, 0.25) is 0 Å². The van der Waals surface area contributed by atoms with E-state index >= 15 is 0 Å². The summed E-state index contributed by atoms with van der Waals surface area (Å²) in [5.74, 6) is 0. The van der Waals surface area contributed by atoms with Crippen LogP contribution in [0.15, 0.2) is 17.5 Å². The van der Waals surface area contributed by atoms with Crippen LogP contribution in [0.4, 0.5) is 4.39 Å². The molecule has 0 aliphatic heterocycles. The highest BCUT2D eigenvalue weighted by atomic mass is 32.1. The van der Waals surface area contributed by atoms with Gasteiger partial charge in [-0.25, -0.2) is 0 Å². The Morgan fingerprint density at radius 2 is 2.29 bits per heavy atom. The Kier molecular flexibility index (Phi) is 2.68. The molecule has 0 amide bonds. The molecule has 0 saturated heterocycles. The van der Waals surface area contributed by atoms with Crippen molar-refractivity contribution in [3.05, 3.63) is 22.6 Å². The van der Waals surface area contributed by atoms with Crippen molar-refractivity contribution in [3.8, 4) is 0 Å². The summed E-state index contributed by atoms with van der Waals surface area (Å²) in [5.41, 5.74) is 0. The first-order chi connectivity index (χ1) is 2.89. The zero-order chi connectivity index (χ0) is 4.41. The highest BCUT2D eigenvalue weighted by Gasteiger charge is 1.80. The fourth-order valence-electron chi connectivity index (χ4n) is 0.259. The maximum absolute atomic E-state index is 11.7. The monoisotopic (exact) mass is 113 g/mol. The Hall–Kier alpha value is -0.305. The van der Waals surface area contributed by atoms with Gasteiger partial charge in [0.25, 0.3) is 0 Å². The zero-order valence-corrected chi connectivity index (χ0v) is 4.41. The molecule has 35 valence electrons. The van der Waals surface area contributed by atoms with Crippen LogP contribution in [0.5, 0.6) is 0 Å². The van der Waals surface area contributed by atoms with Gasteiger partial charge in [0.2, 0.25) is 0 Å². The van der Waals surface area contributed by atoms with E-state index in [0.717, 1.165) is 11.3 Å². The summed E-state index contributed by atoms with van der Waals surface area (Å²) in [4.78, 5) is 0. The molecule has 0 N–H and O–H groups in total. The maximum atomic E-state index is 11.7. The van der Waals surface area contributed by atoms with Crippen LogP contribution in [-0.4, -0.2) is 8.41 Å². The van der Waals surface area contributed by atoms with Crippen molar-refractivity contribution in [1.82, 2.24) is 0 Å². The molecule has 0 aromatic carbocycles. The first kappa shape index (κ1) is 6.69. The minimum atomic E-state index is -0.116. The van der Waals surface area contributed by atoms with Gasteiger partial charge in [0, 0.05) is 8.41 Å². The molecule has 1 aromatic rings. The number of hydrogen-bond donors (Lipinski definition) is 0. The average Bonchev–Trinajstić information content (AvgIpc) is 1.86. The van der Waals surface area contributed by atoms with E-state index in [1.807, 2.05) is 0 Å². The van der Waals surface area contributed by atoms with E-state index in [1.54, 1.807) is 11.4 Å². The normalized spacial score (nSPS) is 7.57. The average molecular weight is 113 g/mol. The van der Waals surface area contributed by atoms with Crippen LogP contribution in [-0.2, 0) is 0 Å². The van der Waals surface area contributed by atoms with Gasteiger partial charge in [0.05, 0.1) is 0 Å². The van der Waals surface area contributed by atoms with Gasteiger partial charge in [-0.1, -0.05) is 0 Å². The quantitative estimate of drug-likeness (QED) is 0.447. The second-order valence-electron chi connectivity index (χ2n) is 0.917. The van der Waals surface area contributed by atoms with E-state index in [9.17, 15) is 4.39 Å². The highest BCUT2D eigenvalue weighted by Crippen LogP contribution is 2.02. The van der Waals surface area contributed by atoms with Crippen LogP contribution in [0, 0.1) is 5.13 Å². The molecule has 0 nitrogen and oxygen atoms in total. The predicted molar refractivity (Wildman–Crippen MR) is 30.0 cm³/mol. The van der Waals surface area contributed by atoms with E-state index < -0.39 is 0 Å². The Labute approximate surface area is 47.6 Å². The second kappa shape index (κ2) is 2.80. The van der Waals surface area contributed by atoms with Crippen LogP contribution in [0.3, 0.4) is 0 Å². The standard InChI is InChI=1S/C4H3FS.B/c5-4-2-1-3-6-4;/h1-3H;. The van der Waals surface area contributed by atoms with Crippen molar-refractivity contribution < 1.29 is 4.39 Å². The number of rotatable bonds is 0. The Bertz CT molecular complexity index is 115. The Morgan fingerprint density at radius 3 is 2.43 bits per heavy atom. The van der Waals surface area contributed by atoms with Gasteiger partial charge in [0.1, 0.15) is 0 Å². The molecular weight excluding hydrogens is 110 g/mol. The minimum Gasteiger partial charge on any atom is -0.195 e. The molecule has 1 aromatic heterocycles. The summed E-state index contributed by atoms with van der Waals surface area (Å²) in [5, 5.41) is 1.59. The third-order valence-corrected chi connectivity index (χ3v) is 1.14. The molecule has 0 saturated carbocycles. The zero-order valence-electron chi connectivity index (χ0n) is 3.60. The minimum absolute atomic E-state index is 0. The number of thiophene rings is 1. The molecule has 7 heavy (non-hydrogen) atoms. The molecule has 0 bridgehead atoms. The molecule has 0 aliphatic carbocycles. The van der Waals surface area contributed by atoms with E-state index in [2.05, 4.69) is 0 Å². The lowest BCUT2D eigenvalue weighted by atomic mass is 10.7. The molecule has 0 spiro atoms. The van der Waals surface area contributed by atoms with E-state index in [-0.39, 0.29) is 13.5 Å². The van der Waals surface area contributed by atoms with Crippen LogP contribution >= 0.6 is 11.3 Å². The highest BCUT2D eigenvalue weighted by molar-refractivity contribution is 7.08. The maximum Gasteiger partial charge on any atom is 0.176 e. The summed E-state index contributed by atoms with van der Waals surface area (Å²) in [6, 6.07) is 3.12. The van der Waals surface area contributed by atoms with Gasteiger partial charge in [-0.2, -0.15) is 4.39 Å². The van der Waals surface area contributed by atoms with Gasteiger partial charge >= 0.3 is 0 Å². The first-order valence-electron chi connectivity index (χ1n) is 1.58. The lowest BCUT2D eigenvalue weighted by Crippen LogP contribution is -1.43. The summed E-state index contributed by atoms with van der Waals surface area (Å²) in [6.07, 6.45) is 0. The first-order valence-corrected chi connectivity index (χ1v) is 2.46. The van der Waals surface area contributed by atoms with Gasteiger partial charge in [-0.05, 0) is 17.5 Å². The van der Waals surface area contributed by atoms with E-state index in [0.29, 0.717) is 0 Å².